The van der Waals surface area contributed by atoms with E-state index >= 15 is 0 Å². The van der Waals surface area contributed by atoms with E-state index in [9.17, 15) is 4.79 Å². The third kappa shape index (κ3) is 2.51. The maximum atomic E-state index is 9.94. The third-order valence-electron chi connectivity index (χ3n) is 1.45. The second-order valence-corrected chi connectivity index (χ2v) is 2.36. The van der Waals surface area contributed by atoms with Crippen LogP contribution in [-0.4, -0.2) is 29.8 Å². The van der Waals surface area contributed by atoms with Crippen molar-refractivity contribution in [1.29, 1.82) is 0 Å². The number of aliphatic imine (C=N–C) groups is 1. The van der Waals surface area contributed by atoms with Crippen LogP contribution in [-0.2, 0) is 4.79 Å². The van der Waals surface area contributed by atoms with Crippen molar-refractivity contribution in [3.05, 3.63) is 11.9 Å². The molecule has 14 heavy (non-hydrogen) atoms. The first-order chi connectivity index (χ1) is 6.77. The van der Waals surface area contributed by atoms with Crippen molar-refractivity contribution in [2.24, 2.45) is 4.99 Å². The Labute approximate surface area is 81.1 Å². The van der Waals surface area contributed by atoms with Gasteiger partial charge in [0.05, 0.1) is 25.3 Å². The molecule has 1 aromatic heterocycles. The maximum Gasteiger partial charge on any atom is 0.234 e. The van der Waals surface area contributed by atoms with Gasteiger partial charge in [-0.3, -0.25) is 9.78 Å². The Hall–Kier alpha value is -1.98. The zero-order valence-electron chi connectivity index (χ0n) is 7.89. The van der Waals surface area contributed by atoms with Gasteiger partial charge in [-0.2, -0.15) is 4.98 Å². The van der Waals surface area contributed by atoms with Crippen LogP contribution in [0.2, 0.25) is 0 Å². The fourth-order valence-corrected chi connectivity index (χ4v) is 0.773. The number of nitrogens with one attached hydrogen (secondary N) is 1. The van der Waals surface area contributed by atoms with Gasteiger partial charge < -0.3 is 10.1 Å². The summed E-state index contributed by atoms with van der Waals surface area (Å²) < 4.78 is 4.88. The quantitative estimate of drug-likeness (QED) is 0.422. The molecule has 0 radical (unpaired) electrons. The van der Waals surface area contributed by atoms with Gasteiger partial charge in [0.2, 0.25) is 12.3 Å². The molecule has 1 N–H and O–H groups in total. The van der Waals surface area contributed by atoms with Gasteiger partial charge in [0.1, 0.15) is 0 Å². The van der Waals surface area contributed by atoms with Crippen molar-refractivity contribution < 1.29 is 9.53 Å². The molecule has 0 spiro atoms. The van der Waals surface area contributed by atoms with Crippen LogP contribution in [0.25, 0.3) is 0 Å². The Kier molecular flexibility index (Phi) is 3.54. The molecule has 0 atom stereocenters. The van der Waals surface area contributed by atoms with Crippen LogP contribution in [0.1, 0.15) is 5.69 Å². The van der Waals surface area contributed by atoms with Crippen LogP contribution in [0.5, 0.6) is 5.88 Å². The number of hydrogen-bond donors (Lipinski definition) is 1. The number of rotatable bonds is 4. The Balaban J connectivity index is 2.88. The fraction of sp³-hybridized carbons (Fsp3) is 0.250. The van der Waals surface area contributed by atoms with Gasteiger partial charge in [-0.05, 0) is 6.92 Å². The van der Waals surface area contributed by atoms with Crippen LogP contribution in [0.3, 0.4) is 0 Å². The number of ether oxygens (including phenoxy) is 1. The van der Waals surface area contributed by atoms with Gasteiger partial charge in [-0.25, -0.2) is 4.99 Å². The second kappa shape index (κ2) is 4.90. The van der Waals surface area contributed by atoms with Gasteiger partial charge in [0.25, 0.3) is 0 Å². The summed E-state index contributed by atoms with van der Waals surface area (Å²) >= 11 is 0. The molecule has 1 heterocycles. The standard InChI is InChI=1S/C8H10N4O2/c1-6-8(11-4-9-5-13)12-7(14-2)3-10-6/h3-5H,1-2H3,(H,9,11,12,13). The summed E-state index contributed by atoms with van der Waals surface area (Å²) in [6, 6.07) is 0. The van der Waals surface area contributed by atoms with Gasteiger partial charge in [0, 0.05) is 0 Å². The van der Waals surface area contributed by atoms with E-state index in [0.717, 1.165) is 0 Å². The van der Waals surface area contributed by atoms with E-state index in [-0.39, 0.29) is 0 Å². The molecular formula is C8H10N4O2. The van der Waals surface area contributed by atoms with Gasteiger partial charge in [-0.15, -0.1) is 0 Å². The molecule has 0 aliphatic rings. The summed E-state index contributed by atoms with van der Waals surface area (Å²) in [6.07, 6.45) is 3.26. The lowest BCUT2D eigenvalue weighted by molar-refractivity contribution is -0.108. The molecule has 0 fully saturated rings. The minimum atomic E-state index is 0.383. The number of aryl methyl sites for hydroxylation is 1. The lowest BCUT2D eigenvalue weighted by atomic mass is 10.4. The fourth-order valence-electron chi connectivity index (χ4n) is 0.773. The highest BCUT2D eigenvalue weighted by Crippen LogP contribution is 2.15. The summed E-state index contributed by atoms with van der Waals surface area (Å²) in [7, 11) is 1.50. The largest absolute Gasteiger partial charge is 0.480 e. The Bertz CT molecular complexity index is 351. The number of nitrogens with zero attached hydrogens (tertiary/aromatic N) is 3. The van der Waals surface area contributed by atoms with E-state index in [0.29, 0.717) is 23.8 Å². The molecule has 0 saturated carbocycles. The van der Waals surface area contributed by atoms with Gasteiger partial charge in [-0.1, -0.05) is 0 Å². The summed E-state index contributed by atoms with van der Waals surface area (Å²) in [4.78, 5) is 21.9. The smallest absolute Gasteiger partial charge is 0.234 e. The van der Waals surface area contributed by atoms with E-state index in [1.807, 2.05) is 0 Å². The molecule has 0 aliphatic carbocycles. The SMILES string of the molecule is COc1cnc(C)c(N=CNC=O)n1. The number of carbonyl (C=O) groups is 1. The Morgan fingerprint density at radius 1 is 1.64 bits per heavy atom. The zero-order chi connectivity index (χ0) is 10.4. The van der Waals surface area contributed by atoms with E-state index in [1.165, 1.54) is 19.6 Å². The van der Waals surface area contributed by atoms with Crippen LogP contribution >= 0.6 is 0 Å². The molecule has 0 saturated heterocycles. The van der Waals surface area contributed by atoms with E-state index in [1.54, 1.807) is 6.92 Å². The lowest BCUT2D eigenvalue weighted by Crippen LogP contribution is -2.06. The van der Waals surface area contributed by atoms with Crippen molar-refractivity contribution in [2.45, 2.75) is 6.92 Å². The lowest BCUT2D eigenvalue weighted by Gasteiger charge is -2.00. The van der Waals surface area contributed by atoms with Crippen molar-refractivity contribution in [3.8, 4) is 5.88 Å². The highest BCUT2D eigenvalue weighted by atomic mass is 16.5. The number of aromatic nitrogens is 2. The summed E-state index contributed by atoms with van der Waals surface area (Å²) in [5, 5.41) is 2.28. The molecule has 6 heteroatoms. The molecule has 1 rings (SSSR count). The first-order valence-electron chi connectivity index (χ1n) is 3.87. The molecule has 74 valence electrons. The monoisotopic (exact) mass is 194 g/mol. The highest BCUT2D eigenvalue weighted by molar-refractivity contribution is 5.73. The molecule has 1 amide bonds. The van der Waals surface area contributed by atoms with Crippen LogP contribution in [0.4, 0.5) is 5.82 Å². The van der Waals surface area contributed by atoms with Crippen LogP contribution < -0.4 is 10.1 Å². The number of methoxy groups -OCH3 is 1. The molecule has 0 aromatic carbocycles. The van der Waals surface area contributed by atoms with Crippen molar-refractivity contribution in [3.63, 3.8) is 0 Å². The normalized spacial score (nSPS) is 10.1. The highest BCUT2D eigenvalue weighted by Gasteiger charge is 2.00. The van der Waals surface area contributed by atoms with Crippen molar-refractivity contribution in [1.82, 2.24) is 15.3 Å². The van der Waals surface area contributed by atoms with Crippen molar-refractivity contribution in [2.75, 3.05) is 7.11 Å². The average molecular weight is 194 g/mol. The van der Waals surface area contributed by atoms with E-state index < -0.39 is 0 Å². The molecule has 1 aromatic rings. The number of carbonyl (C=O) groups excluding carboxylic acids is 1. The topological polar surface area (TPSA) is 76.5 Å². The molecular weight excluding hydrogens is 184 g/mol. The predicted octanol–water partition coefficient (Wildman–Crippen LogP) is 0.199. The zero-order valence-corrected chi connectivity index (χ0v) is 7.89. The predicted molar refractivity (Wildman–Crippen MR) is 50.7 cm³/mol. The molecule has 0 aliphatic heterocycles. The van der Waals surface area contributed by atoms with Crippen molar-refractivity contribution >= 4 is 18.6 Å². The third-order valence-corrected chi connectivity index (χ3v) is 1.45. The summed E-state index contributed by atoms with van der Waals surface area (Å²) in [5.74, 6) is 0.799. The summed E-state index contributed by atoms with van der Waals surface area (Å²) in [5.41, 5.74) is 0.662. The first kappa shape index (κ1) is 10.1. The Morgan fingerprint density at radius 3 is 3.07 bits per heavy atom. The molecule has 0 bridgehead atoms. The summed E-state index contributed by atoms with van der Waals surface area (Å²) in [6.45, 7) is 1.76. The molecule has 6 nitrogen and oxygen atoms in total. The minimum Gasteiger partial charge on any atom is -0.480 e. The second-order valence-electron chi connectivity index (χ2n) is 2.36. The van der Waals surface area contributed by atoms with Gasteiger partial charge in [0.15, 0.2) is 5.82 Å². The Morgan fingerprint density at radius 2 is 2.43 bits per heavy atom. The van der Waals surface area contributed by atoms with Crippen LogP contribution in [0.15, 0.2) is 11.2 Å². The van der Waals surface area contributed by atoms with Gasteiger partial charge >= 0.3 is 0 Å². The van der Waals surface area contributed by atoms with Crippen LogP contribution in [0, 0.1) is 6.92 Å². The first-order valence-corrected chi connectivity index (χ1v) is 3.87. The maximum absolute atomic E-state index is 9.94. The average Bonchev–Trinajstić information content (AvgIpc) is 2.21. The van der Waals surface area contributed by atoms with E-state index in [2.05, 4.69) is 20.3 Å². The molecule has 0 unspecified atom stereocenters. The number of amides is 1. The minimum absolute atomic E-state index is 0.383. The van der Waals surface area contributed by atoms with E-state index in [4.69, 9.17) is 4.74 Å². The number of hydrogen-bond acceptors (Lipinski definition) is 5.